The molecular formula is C18H14Cl2N2O. The van der Waals surface area contributed by atoms with E-state index in [4.69, 9.17) is 23.2 Å². The maximum atomic E-state index is 11.6. The number of aromatic nitrogens is 2. The highest BCUT2D eigenvalue weighted by atomic mass is 35.5. The molecule has 5 heteroatoms. The van der Waals surface area contributed by atoms with Crippen LogP contribution in [0, 0.1) is 0 Å². The molecular weight excluding hydrogens is 331 g/mol. The van der Waals surface area contributed by atoms with E-state index < -0.39 is 5.60 Å². The number of benzene rings is 2. The quantitative estimate of drug-likeness (QED) is 0.752. The average molecular weight is 345 g/mol. The van der Waals surface area contributed by atoms with Gasteiger partial charge in [0.05, 0.1) is 0 Å². The van der Waals surface area contributed by atoms with Crippen LogP contribution in [0.15, 0.2) is 67.5 Å². The third kappa shape index (κ3) is 2.79. The molecule has 0 amide bonds. The first-order chi connectivity index (χ1) is 11.1. The molecule has 0 radical (unpaired) electrons. The molecule has 116 valence electrons. The minimum atomic E-state index is -1.45. The van der Waals surface area contributed by atoms with Crippen molar-refractivity contribution in [3.05, 3.63) is 94.5 Å². The first kappa shape index (κ1) is 15.8. The Morgan fingerprint density at radius 3 is 1.87 bits per heavy atom. The van der Waals surface area contributed by atoms with Gasteiger partial charge in [-0.15, -0.1) is 0 Å². The summed E-state index contributed by atoms with van der Waals surface area (Å²) in [6, 6.07) is 14.0. The smallest absolute Gasteiger partial charge is 0.173 e. The Balaban J connectivity index is 2.26. The van der Waals surface area contributed by atoms with Crippen molar-refractivity contribution in [1.82, 2.24) is 9.55 Å². The molecule has 1 N–H and O–H groups in total. The zero-order valence-corrected chi connectivity index (χ0v) is 13.7. The van der Waals surface area contributed by atoms with Crippen molar-refractivity contribution in [1.29, 1.82) is 0 Å². The second kappa shape index (κ2) is 6.20. The summed E-state index contributed by atoms with van der Waals surface area (Å²) in [4.78, 5) is 4.33. The molecule has 0 spiro atoms. The van der Waals surface area contributed by atoms with Crippen LogP contribution < -0.4 is 0 Å². The first-order valence-corrected chi connectivity index (χ1v) is 7.71. The maximum absolute atomic E-state index is 11.6. The van der Waals surface area contributed by atoms with E-state index in [1.165, 1.54) is 0 Å². The fourth-order valence-corrected chi connectivity index (χ4v) is 2.80. The van der Waals surface area contributed by atoms with Gasteiger partial charge in [0, 0.05) is 28.6 Å². The molecule has 2 aromatic carbocycles. The number of nitrogens with zero attached hydrogens (tertiary/aromatic N) is 2. The normalized spacial score (nSPS) is 11.4. The number of hydrogen-bond donors (Lipinski definition) is 1. The lowest BCUT2D eigenvalue weighted by Gasteiger charge is -2.29. The van der Waals surface area contributed by atoms with Gasteiger partial charge in [0.15, 0.2) is 11.4 Å². The van der Waals surface area contributed by atoms with Gasteiger partial charge in [0.1, 0.15) is 0 Å². The Labute approximate surface area is 144 Å². The Morgan fingerprint density at radius 1 is 0.957 bits per heavy atom. The maximum Gasteiger partial charge on any atom is 0.173 e. The highest BCUT2D eigenvalue weighted by molar-refractivity contribution is 6.30. The molecule has 0 fully saturated rings. The van der Waals surface area contributed by atoms with Gasteiger partial charge in [0.2, 0.25) is 0 Å². The average Bonchev–Trinajstić information content (AvgIpc) is 3.04. The number of halogens is 2. The summed E-state index contributed by atoms with van der Waals surface area (Å²) in [6.07, 6.45) is 4.95. The predicted molar refractivity (Wildman–Crippen MR) is 93.6 cm³/mol. The minimum absolute atomic E-state index is 0.442. The van der Waals surface area contributed by atoms with Crippen LogP contribution in [-0.2, 0) is 5.60 Å². The molecule has 0 bridgehead atoms. The van der Waals surface area contributed by atoms with Gasteiger partial charge < -0.3 is 9.67 Å². The Bertz CT molecular complexity index is 777. The van der Waals surface area contributed by atoms with E-state index in [1.807, 2.05) is 0 Å². The van der Waals surface area contributed by atoms with E-state index in [0.717, 1.165) is 0 Å². The van der Waals surface area contributed by atoms with Crippen molar-refractivity contribution < 1.29 is 5.11 Å². The van der Waals surface area contributed by atoms with Crippen LogP contribution >= 0.6 is 23.2 Å². The standard InChI is InChI=1S/C18H14Cl2N2O/c1-2-22-12-11-21-17(22)18(23,13-3-7-15(19)8-4-13)14-5-9-16(20)10-6-14/h2-12,23H,1H2. The van der Waals surface area contributed by atoms with E-state index in [-0.39, 0.29) is 0 Å². The monoisotopic (exact) mass is 344 g/mol. The van der Waals surface area contributed by atoms with Crippen LogP contribution in [0.25, 0.3) is 6.20 Å². The molecule has 3 rings (SSSR count). The molecule has 1 heterocycles. The summed E-state index contributed by atoms with van der Waals surface area (Å²) in [5.74, 6) is 0.442. The number of rotatable bonds is 4. The molecule has 0 aliphatic heterocycles. The van der Waals surface area contributed by atoms with E-state index in [2.05, 4.69) is 11.6 Å². The fraction of sp³-hybridized carbons (Fsp3) is 0.0556. The molecule has 0 aliphatic rings. The Morgan fingerprint density at radius 2 is 1.43 bits per heavy atom. The summed E-state index contributed by atoms with van der Waals surface area (Å²) < 4.78 is 1.68. The van der Waals surface area contributed by atoms with Crippen LogP contribution in [-0.4, -0.2) is 14.7 Å². The lowest BCUT2D eigenvalue weighted by atomic mass is 9.85. The largest absolute Gasteiger partial charge is 0.373 e. The van der Waals surface area contributed by atoms with Crippen molar-refractivity contribution in [3.63, 3.8) is 0 Å². The zero-order valence-electron chi connectivity index (χ0n) is 12.2. The second-order valence-corrected chi connectivity index (χ2v) is 5.94. The molecule has 1 aromatic heterocycles. The molecule has 0 saturated heterocycles. The van der Waals surface area contributed by atoms with E-state index >= 15 is 0 Å². The lowest BCUT2D eigenvalue weighted by molar-refractivity contribution is 0.114. The lowest BCUT2D eigenvalue weighted by Crippen LogP contribution is -2.31. The third-order valence-electron chi connectivity index (χ3n) is 3.71. The van der Waals surface area contributed by atoms with Gasteiger partial charge in [-0.05, 0) is 35.4 Å². The summed E-state index contributed by atoms with van der Waals surface area (Å²) in [6.45, 7) is 3.76. The van der Waals surface area contributed by atoms with Gasteiger partial charge in [-0.1, -0.05) is 54.0 Å². The zero-order chi connectivity index (χ0) is 16.4. The molecule has 0 saturated carbocycles. The summed E-state index contributed by atoms with van der Waals surface area (Å²) >= 11 is 12.0. The van der Waals surface area contributed by atoms with Gasteiger partial charge in [-0.25, -0.2) is 4.98 Å². The second-order valence-electron chi connectivity index (χ2n) is 5.06. The van der Waals surface area contributed by atoms with Crippen LogP contribution in [0.2, 0.25) is 10.0 Å². The summed E-state index contributed by atoms with van der Waals surface area (Å²) in [5, 5.41) is 12.8. The Hall–Kier alpha value is -2.07. The van der Waals surface area contributed by atoms with Gasteiger partial charge in [-0.2, -0.15) is 0 Å². The SMILES string of the molecule is C=Cn1ccnc1C(O)(c1ccc(Cl)cc1)c1ccc(Cl)cc1. The van der Waals surface area contributed by atoms with Gasteiger partial charge >= 0.3 is 0 Å². The van der Waals surface area contributed by atoms with Crippen LogP contribution in [0.5, 0.6) is 0 Å². The molecule has 0 atom stereocenters. The fourth-order valence-electron chi connectivity index (χ4n) is 2.55. The molecule has 23 heavy (non-hydrogen) atoms. The van der Waals surface area contributed by atoms with Crippen molar-refractivity contribution in [3.8, 4) is 0 Å². The van der Waals surface area contributed by atoms with Crippen molar-refractivity contribution in [2.24, 2.45) is 0 Å². The number of hydrogen-bond acceptors (Lipinski definition) is 2. The predicted octanol–water partition coefficient (Wildman–Crippen LogP) is 4.57. The molecule has 0 aliphatic carbocycles. The highest BCUT2D eigenvalue weighted by Crippen LogP contribution is 2.36. The minimum Gasteiger partial charge on any atom is -0.373 e. The van der Waals surface area contributed by atoms with Crippen molar-refractivity contribution in [2.45, 2.75) is 5.60 Å². The third-order valence-corrected chi connectivity index (χ3v) is 4.22. The molecule has 3 nitrogen and oxygen atoms in total. The topological polar surface area (TPSA) is 38.0 Å². The first-order valence-electron chi connectivity index (χ1n) is 6.96. The molecule has 0 unspecified atom stereocenters. The molecule has 3 aromatic rings. The van der Waals surface area contributed by atoms with Crippen molar-refractivity contribution in [2.75, 3.05) is 0 Å². The van der Waals surface area contributed by atoms with Crippen LogP contribution in [0.3, 0.4) is 0 Å². The Kier molecular flexibility index (Phi) is 4.26. The summed E-state index contributed by atoms with van der Waals surface area (Å²) in [7, 11) is 0. The highest BCUT2D eigenvalue weighted by Gasteiger charge is 2.37. The van der Waals surface area contributed by atoms with E-state index in [1.54, 1.807) is 71.7 Å². The van der Waals surface area contributed by atoms with Gasteiger partial charge in [-0.3, -0.25) is 0 Å². The van der Waals surface area contributed by atoms with Crippen molar-refractivity contribution >= 4 is 29.4 Å². The summed E-state index contributed by atoms with van der Waals surface area (Å²) in [5.41, 5.74) is -0.149. The number of imidazole rings is 1. The number of aliphatic hydroxyl groups is 1. The van der Waals surface area contributed by atoms with E-state index in [9.17, 15) is 5.11 Å². The van der Waals surface area contributed by atoms with Crippen LogP contribution in [0.4, 0.5) is 0 Å². The van der Waals surface area contributed by atoms with E-state index in [0.29, 0.717) is 27.0 Å². The van der Waals surface area contributed by atoms with Gasteiger partial charge in [0.25, 0.3) is 0 Å². The van der Waals surface area contributed by atoms with Crippen LogP contribution in [0.1, 0.15) is 17.0 Å².